The molecule has 0 amide bonds. The molecule has 1 aromatic carbocycles. The highest BCUT2D eigenvalue weighted by molar-refractivity contribution is 7.80. The minimum absolute atomic E-state index is 0.547. The van der Waals surface area contributed by atoms with Gasteiger partial charge in [0.1, 0.15) is 0 Å². The van der Waals surface area contributed by atoms with Gasteiger partial charge in [-0.25, -0.2) is 0 Å². The van der Waals surface area contributed by atoms with Crippen molar-refractivity contribution in [2.45, 2.75) is 39.7 Å². The number of piperidine rings is 1. The molecule has 1 aliphatic carbocycles. The van der Waals surface area contributed by atoms with E-state index in [1.165, 1.54) is 52.3 Å². The van der Waals surface area contributed by atoms with Crippen LogP contribution < -0.4 is 0 Å². The van der Waals surface area contributed by atoms with E-state index in [2.05, 4.69) is 54.1 Å². The van der Waals surface area contributed by atoms with E-state index < -0.39 is 0 Å². The summed E-state index contributed by atoms with van der Waals surface area (Å²) < 4.78 is 0. The number of fused-ring (bicyclic) bond motifs is 2. The number of H-pyrrole nitrogens is 1. The molecule has 1 N–H and O–H groups in total. The molecule has 1 fully saturated rings. The van der Waals surface area contributed by atoms with Crippen molar-refractivity contribution in [2.75, 3.05) is 13.1 Å². The van der Waals surface area contributed by atoms with Crippen molar-refractivity contribution in [3.8, 4) is 0 Å². The topological polar surface area (TPSA) is 19.0 Å². The van der Waals surface area contributed by atoms with E-state index in [0.29, 0.717) is 5.92 Å². The number of rotatable bonds is 3. The molecule has 1 aliphatic heterocycles. The van der Waals surface area contributed by atoms with Crippen LogP contribution >= 0.6 is 12.2 Å². The van der Waals surface area contributed by atoms with Crippen LogP contribution in [0.3, 0.4) is 0 Å². The summed E-state index contributed by atoms with van der Waals surface area (Å²) in [5.74, 6) is 1.27. The molecule has 2 aromatic rings. The van der Waals surface area contributed by atoms with Crippen molar-refractivity contribution in [1.82, 2.24) is 9.88 Å². The molecule has 24 heavy (non-hydrogen) atoms. The van der Waals surface area contributed by atoms with Crippen molar-refractivity contribution in [3.05, 3.63) is 58.4 Å². The summed E-state index contributed by atoms with van der Waals surface area (Å²) >= 11 is 6.00. The fourth-order valence-electron chi connectivity index (χ4n) is 4.67. The number of nitrogens with zero attached hydrogens (tertiary/aromatic N) is 1. The van der Waals surface area contributed by atoms with Crippen molar-refractivity contribution in [3.63, 3.8) is 0 Å². The van der Waals surface area contributed by atoms with E-state index in [0.717, 1.165) is 25.4 Å². The highest BCUT2D eigenvalue weighted by Crippen LogP contribution is 2.38. The Hall–Kier alpha value is -1.45. The highest BCUT2D eigenvalue weighted by Gasteiger charge is 2.38. The number of hydrogen-bond donors (Lipinski definition) is 1. The van der Waals surface area contributed by atoms with E-state index in [9.17, 15) is 0 Å². The van der Waals surface area contributed by atoms with Crippen molar-refractivity contribution < 1.29 is 0 Å². The lowest BCUT2D eigenvalue weighted by molar-refractivity contribution is 0.145. The zero-order valence-corrected chi connectivity index (χ0v) is 15.5. The molecule has 0 spiro atoms. The first kappa shape index (κ1) is 16.0. The van der Waals surface area contributed by atoms with Gasteiger partial charge in [0, 0.05) is 40.8 Å². The van der Waals surface area contributed by atoms with Crippen LogP contribution in [-0.4, -0.2) is 27.8 Å². The normalized spacial score (nSPS) is 23.8. The fourth-order valence-corrected chi connectivity index (χ4v) is 5.18. The maximum Gasteiger partial charge on any atom is 0.0292 e. The molecule has 1 aromatic heterocycles. The number of aryl methyl sites for hydroxylation is 1. The molecule has 0 radical (unpaired) electrons. The number of nitrogens with one attached hydrogen (secondary N) is 1. The lowest BCUT2D eigenvalue weighted by Crippen LogP contribution is -2.46. The van der Waals surface area contributed by atoms with Crippen LogP contribution in [0.15, 0.2) is 30.3 Å². The van der Waals surface area contributed by atoms with Crippen LogP contribution in [0.4, 0.5) is 0 Å². The molecule has 0 bridgehead atoms. The van der Waals surface area contributed by atoms with Gasteiger partial charge in [0.15, 0.2) is 0 Å². The largest absolute Gasteiger partial charge is 0.362 e. The molecular weight excluding hydrogens is 312 g/mol. The fraction of sp³-hybridized carbons (Fsp3) is 0.476. The van der Waals surface area contributed by atoms with Gasteiger partial charge in [-0.05, 0) is 49.8 Å². The molecule has 2 nitrogen and oxygen atoms in total. The van der Waals surface area contributed by atoms with Crippen LogP contribution in [0.2, 0.25) is 0 Å². The Morgan fingerprint density at radius 3 is 2.79 bits per heavy atom. The van der Waals surface area contributed by atoms with E-state index in [1.54, 1.807) is 0 Å². The van der Waals surface area contributed by atoms with Gasteiger partial charge in [-0.3, -0.25) is 4.90 Å². The maximum absolute atomic E-state index is 6.00. The molecule has 2 aliphatic rings. The molecule has 126 valence electrons. The minimum atomic E-state index is 0.547. The summed E-state index contributed by atoms with van der Waals surface area (Å²) in [6, 6.07) is 10.8. The van der Waals surface area contributed by atoms with Gasteiger partial charge in [0.25, 0.3) is 0 Å². The van der Waals surface area contributed by atoms with Crippen molar-refractivity contribution >= 4 is 17.1 Å². The summed E-state index contributed by atoms with van der Waals surface area (Å²) in [7, 11) is 0. The second-order valence-electron chi connectivity index (χ2n) is 7.38. The first-order valence-corrected chi connectivity index (χ1v) is 9.59. The maximum atomic E-state index is 6.00. The van der Waals surface area contributed by atoms with Crippen molar-refractivity contribution in [2.24, 2.45) is 11.8 Å². The minimum Gasteiger partial charge on any atom is -0.362 e. The second-order valence-corrected chi connectivity index (χ2v) is 7.82. The molecule has 4 rings (SSSR count). The summed E-state index contributed by atoms with van der Waals surface area (Å²) in [5.41, 5.74) is 6.99. The Labute approximate surface area is 150 Å². The van der Waals surface area contributed by atoms with Gasteiger partial charge in [0.05, 0.1) is 0 Å². The third-order valence-electron chi connectivity index (χ3n) is 5.89. The highest BCUT2D eigenvalue weighted by atomic mass is 32.1. The van der Waals surface area contributed by atoms with Gasteiger partial charge < -0.3 is 4.98 Å². The van der Waals surface area contributed by atoms with Gasteiger partial charge in [-0.2, -0.15) is 0 Å². The molecule has 2 heterocycles. The predicted molar refractivity (Wildman–Crippen MR) is 104 cm³/mol. The Kier molecular flexibility index (Phi) is 4.31. The number of aromatic nitrogens is 1. The van der Waals surface area contributed by atoms with Crippen LogP contribution in [0.1, 0.15) is 41.4 Å². The predicted octanol–water partition coefficient (Wildman–Crippen LogP) is 4.30. The van der Waals surface area contributed by atoms with Gasteiger partial charge in [0.2, 0.25) is 0 Å². The Morgan fingerprint density at radius 2 is 2.04 bits per heavy atom. The smallest absolute Gasteiger partial charge is 0.0292 e. The second kappa shape index (κ2) is 6.45. The molecular formula is C21H26N2S. The first-order valence-electron chi connectivity index (χ1n) is 9.18. The zero-order chi connectivity index (χ0) is 16.7. The van der Waals surface area contributed by atoms with E-state index in [-0.39, 0.29) is 0 Å². The molecule has 0 saturated carbocycles. The van der Waals surface area contributed by atoms with Gasteiger partial charge >= 0.3 is 0 Å². The zero-order valence-electron chi connectivity index (χ0n) is 14.6. The number of aromatic amines is 1. The van der Waals surface area contributed by atoms with Gasteiger partial charge in [-0.1, -0.05) is 49.5 Å². The lowest BCUT2D eigenvalue weighted by atomic mass is 9.73. The summed E-state index contributed by atoms with van der Waals surface area (Å²) in [6.07, 6.45) is 3.51. The van der Waals surface area contributed by atoms with E-state index in [1.807, 2.05) is 0 Å². The van der Waals surface area contributed by atoms with Crippen LogP contribution in [0.25, 0.3) is 0 Å². The number of benzene rings is 1. The molecule has 2 atom stereocenters. The third kappa shape index (κ3) is 2.74. The number of thiocarbonyl (C=S) groups is 1. The number of hydrogen-bond acceptors (Lipinski definition) is 2. The lowest BCUT2D eigenvalue weighted by Gasteiger charge is -2.41. The van der Waals surface area contributed by atoms with E-state index >= 15 is 0 Å². The monoisotopic (exact) mass is 338 g/mol. The average Bonchev–Trinajstić information content (AvgIpc) is 2.92. The number of likely N-dealkylation sites (tertiary alicyclic amines) is 1. The summed E-state index contributed by atoms with van der Waals surface area (Å²) in [6.45, 7) is 7.80. The first-order chi connectivity index (χ1) is 11.7. The summed E-state index contributed by atoms with van der Waals surface area (Å²) in [5, 5.41) is 0. The summed E-state index contributed by atoms with van der Waals surface area (Å²) in [4.78, 5) is 7.45. The quantitative estimate of drug-likeness (QED) is 0.842. The van der Waals surface area contributed by atoms with Gasteiger partial charge in [-0.15, -0.1) is 0 Å². The Balaban J connectivity index is 1.56. The molecule has 2 unspecified atom stereocenters. The average molecular weight is 339 g/mol. The van der Waals surface area contributed by atoms with E-state index in [4.69, 9.17) is 12.2 Å². The van der Waals surface area contributed by atoms with Crippen LogP contribution in [0, 0.1) is 18.8 Å². The molecule has 3 heteroatoms. The van der Waals surface area contributed by atoms with Crippen LogP contribution in [0.5, 0.6) is 0 Å². The Bertz CT molecular complexity index is 747. The van der Waals surface area contributed by atoms with Crippen LogP contribution in [-0.2, 0) is 19.4 Å². The SMILES string of the molecule is CCc1c(C)[nH]c2c1C(=S)C1CN(Cc3ccccc3)CCC1C2. The standard InChI is InChI=1S/C21H26N2S/c1-3-17-14(2)22-19-11-16-9-10-23(12-15-7-5-4-6-8-15)13-18(16)21(24)20(17)19/h4-8,16,18,22H,3,9-13H2,1-2H3. The molecule has 1 saturated heterocycles. The van der Waals surface area contributed by atoms with Crippen molar-refractivity contribution in [1.29, 1.82) is 0 Å². The Morgan fingerprint density at radius 1 is 1.25 bits per heavy atom. The third-order valence-corrected chi connectivity index (χ3v) is 6.39.